The van der Waals surface area contributed by atoms with Gasteiger partial charge in [0.05, 0.1) is 32.0 Å². The van der Waals surface area contributed by atoms with Crippen LogP contribution in [-0.2, 0) is 9.47 Å². The normalized spacial score (nSPS) is 14.5. The summed E-state index contributed by atoms with van der Waals surface area (Å²) in [6.07, 6.45) is -4.99. The molecule has 0 aliphatic carbocycles. The van der Waals surface area contributed by atoms with Crippen molar-refractivity contribution < 1.29 is 46.0 Å². The summed E-state index contributed by atoms with van der Waals surface area (Å²) >= 11 is 0. The van der Waals surface area contributed by atoms with Gasteiger partial charge in [0, 0.05) is 5.41 Å². The van der Waals surface area contributed by atoms with Gasteiger partial charge in [0.25, 0.3) is 0 Å². The molecule has 4 rings (SSSR count). The van der Waals surface area contributed by atoms with Crippen LogP contribution in [-0.4, -0.2) is 45.4 Å². The Bertz CT molecular complexity index is 1210. The maximum absolute atomic E-state index is 14.0. The van der Waals surface area contributed by atoms with Crippen LogP contribution in [0.3, 0.4) is 0 Å². The second kappa shape index (κ2) is 11.2. The van der Waals surface area contributed by atoms with E-state index in [1.54, 1.807) is 36.4 Å². The lowest BCUT2D eigenvalue weighted by atomic mass is 9.90. The predicted octanol–water partition coefficient (Wildman–Crippen LogP) is 6.04. The van der Waals surface area contributed by atoms with E-state index in [4.69, 9.17) is 18.9 Å². The second-order valence-corrected chi connectivity index (χ2v) is 8.84. The first-order valence-electron chi connectivity index (χ1n) is 11.4. The molecule has 6 nitrogen and oxygen atoms in total. The van der Waals surface area contributed by atoms with Gasteiger partial charge in [-0.3, -0.25) is 0 Å². The van der Waals surface area contributed by atoms with Crippen LogP contribution in [0.15, 0.2) is 66.7 Å². The van der Waals surface area contributed by atoms with Crippen molar-refractivity contribution in [1.82, 2.24) is 0 Å². The van der Waals surface area contributed by atoms with Crippen molar-refractivity contribution in [3.63, 3.8) is 0 Å². The Morgan fingerprint density at radius 3 is 2.16 bits per heavy atom. The standard InChI is InChI=1S/C27H24F4O6/c1-26(16-34-17-26)15-33-12-13-35-21-7-4-19(5-8-21)25(32)36-22-9-2-18(3-10-22)20-6-11-24(23(28)14-20)37-27(29,30)31/h2-11,14H,12-13,15-17H2,1H3. The van der Waals surface area contributed by atoms with Crippen LogP contribution in [0.25, 0.3) is 11.1 Å². The highest BCUT2D eigenvalue weighted by Crippen LogP contribution is 2.30. The molecule has 3 aromatic carbocycles. The minimum Gasteiger partial charge on any atom is -0.491 e. The van der Waals surface area contributed by atoms with Crippen LogP contribution in [0.1, 0.15) is 17.3 Å². The van der Waals surface area contributed by atoms with Gasteiger partial charge in [0.15, 0.2) is 11.6 Å². The summed E-state index contributed by atoms with van der Waals surface area (Å²) in [6, 6.07) is 15.7. The number of esters is 1. The van der Waals surface area contributed by atoms with E-state index >= 15 is 0 Å². The number of alkyl halides is 3. The number of hydrogen-bond acceptors (Lipinski definition) is 6. The molecular weight excluding hydrogens is 496 g/mol. The fourth-order valence-corrected chi connectivity index (χ4v) is 3.53. The van der Waals surface area contributed by atoms with E-state index in [-0.39, 0.29) is 11.2 Å². The molecule has 10 heteroatoms. The van der Waals surface area contributed by atoms with Crippen molar-refractivity contribution >= 4 is 5.97 Å². The van der Waals surface area contributed by atoms with Crippen molar-refractivity contribution in [2.24, 2.45) is 5.41 Å². The van der Waals surface area contributed by atoms with Gasteiger partial charge in [-0.15, -0.1) is 13.2 Å². The SMILES string of the molecule is CC1(COCCOc2ccc(C(=O)Oc3ccc(-c4ccc(OC(F)(F)F)c(F)c4)cc3)cc2)COC1. The van der Waals surface area contributed by atoms with Gasteiger partial charge in [-0.05, 0) is 59.7 Å². The number of hydrogen-bond donors (Lipinski definition) is 0. The van der Waals surface area contributed by atoms with Crippen LogP contribution >= 0.6 is 0 Å². The summed E-state index contributed by atoms with van der Waals surface area (Å²) in [5, 5.41) is 0. The highest BCUT2D eigenvalue weighted by Gasteiger charge is 2.33. The Hall–Kier alpha value is -3.63. The van der Waals surface area contributed by atoms with Crippen molar-refractivity contribution in [2.75, 3.05) is 33.0 Å². The molecule has 1 fully saturated rings. The summed E-state index contributed by atoms with van der Waals surface area (Å²) < 4.78 is 76.3. The quantitative estimate of drug-likeness (QED) is 0.141. The molecule has 0 amide bonds. The van der Waals surface area contributed by atoms with E-state index in [9.17, 15) is 22.4 Å². The maximum atomic E-state index is 14.0. The monoisotopic (exact) mass is 520 g/mol. The molecule has 1 aliphatic heterocycles. The van der Waals surface area contributed by atoms with Crippen LogP contribution < -0.4 is 14.2 Å². The van der Waals surface area contributed by atoms with Gasteiger partial charge >= 0.3 is 12.3 Å². The third-order valence-electron chi connectivity index (χ3n) is 5.49. The Kier molecular flexibility index (Phi) is 7.99. The minimum absolute atomic E-state index is 0.0842. The van der Waals surface area contributed by atoms with Crippen molar-refractivity contribution in [3.8, 4) is 28.4 Å². The van der Waals surface area contributed by atoms with E-state index < -0.39 is 23.9 Å². The lowest BCUT2D eigenvalue weighted by molar-refractivity contribution is -0.275. The predicted molar refractivity (Wildman–Crippen MR) is 125 cm³/mol. The largest absolute Gasteiger partial charge is 0.573 e. The van der Waals surface area contributed by atoms with Crippen LogP contribution in [0.2, 0.25) is 0 Å². The molecule has 0 unspecified atom stereocenters. The first kappa shape index (κ1) is 26.4. The van der Waals surface area contributed by atoms with Crippen molar-refractivity contribution in [1.29, 1.82) is 0 Å². The summed E-state index contributed by atoms with van der Waals surface area (Å²) in [4.78, 5) is 12.5. The Morgan fingerprint density at radius 1 is 0.919 bits per heavy atom. The van der Waals surface area contributed by atoms with E-state index in [1.165, 1.54) is 18.2 Å². The molecule has 0 saturated carbocycles. The minimum atomic E-state index is -4.99. The zero-order chi connectivity index (χ0) is 26.5. The van der Waals surface area contributed by atoms with E-state index in [0.717, 1.165) is 12.1 Å². The number of carbonyl (C=O) groups excluding carboxylic acids is 1. The van der Waals surface area contributed by atoms with Gasteiger partial charge in [0.1, 0.15) is 18.1 Å². The first-order chi connectivity index (χ1) is 17.6. The Labute approximate surface area is 210 Å². The van der Waals surface area contributed by atoms with Crippen LogP contribution in [0.5, 0.6) is 17.2 Å². The number of ether oxygens (including phenoxy) is 5. The summed E-state index contributed by atoms with van der Waals surface area (Å²) in [7, 11) is 0. The van der Waals surface area contributed by atoms with Gasteiger partial charge in [-0.25, -0.2) is 9.18 Å². The molecule has 196 valence electrons. The summed E-state index contributed by atoms with van der Waals surface area (Å²) in [5.74, 6) is -1.82. The van der Waals surface area contributed by atoms with Crippen molar-refractivity contribution in [3.05, 3.63) is 78.1 Å². The number of halogens is 4. The van der Waals surface area contributed by atoms with Gasteiger partial charge in [-0.1, -0.05) is 25.1 Å². The smallest absolute Gasteiger partial charge is 0.491 e. The highest BCUT2D eigenvalue weighted by molar-refractivity contribution is 5.91. The highest BCUT2D eigenvalue weighted by atomic mass is 19.4. The van der Waals surface area contributed by atoms with E-state index in [0.29, 0.717) is 55.5 Å². The lowest BCUT2D eigenvalue weighted by Gasteiger charge is -2.37. The van der Waals surface area contributed by atoms with E-state index in [2.05, 4.69) is 11.7 Å². The molecular formula is C27H24F4O6. The average molecular weight is 520 g/mol. The summed E-state index contributed by atoms with van der Waals surface area (Å²) in [5.41, 5.74) is 1.24. The molecule has 0 N–H and O–H groups in total. The third kappa shape index (κ3) is 7.43. The molecule has 1 heterocycles. The topological polar surface area (TPSA) is 63.2 Å². The Balaban J connectivity index is 1.26. The second-order valence-electron chi connectivity index (χ2n) is 8.84. The zero-order valence-electron chi connectivity index (χ0n) is 19.8. The Morgan fingerprint density at radius 2 is 1.57 bits per heavy atom. The molecule has 0 bridgehead atoms. The van der Waals surface area contributed by atoms with E-state index in [1.807, 2.05) is 0 Å². The van der Waals surface area contributed by atoms with Gasteiger partial charge in [-0.2, -0.15) is 0 Å². The molecule has 0 aromatic heterocycles. The third-order valence-corrected chi connectivity index (χ3v) is 5.49. The fourth-order valence-electron chi connectivity index (χ4n) is 3.53. The first-order valence-corrected chi connectivity index (χ1v) is 11.4. The van der Waals surface area contributed by atoms with Gasteiger partial charge in [0.2, 0.25) is 0 Å². The van der Waals surface area contributed by atoms with Crippen molar-refractivity contribution in [2.45, 2.75) is 13.3 Å². The molecule has 0 spiro atoms. The molecule has 3 aromatic rings. The summed E-state index contributed by atoms with van der Waals surface area (Å²) in [6.45, 7) is 4.93. The molecule has 37 heavy (non-hydrogen) atoms. The molecule has 1 saturated heterocycles. The lowest BCUT2D eigenvalue weighted by Crippen LogP contribution is -2.43. The van der Waals surface area contributed by atoms with Crippen LogP contribution in [0.4, 0.5) is 17.6 Å². The average Bonchev–Trinajstić information content (AvgIpc) is 2.84. The zero-order valence-corrected chi connectivity index (χ0v) is 19.8. The van der Waals surface area contributed by atoms with Crippen LogP contribution in [0, 0.1) is 11.2 Å². The fraction of sp³-hybridized carbons (Fsp3) is 0.296. The number of carbonyl (C=O) groups is 1. The number of rotatable bonds is 10. The molecule has 0 radical (unpaired) electrons. The molecule has 1 aliphatic rings. The maximum Gasteiger partial charge on any atom is 0.573 e. The number of benzene rings is 3. The van der Waals surface area contributed by atoms with Gasteiger partial charge < -0.3 is 23.7 Å². The molecule has 0 atom stereocenters.